The summed E-state index contributed by atoms with van der Waals surface area (Å²) in [5.74, 6) is -0.284. The number of esters is 1. The third-order valence-corrected chi connectivity index (χ3v) is 2.86. The highest BCUT2D eigenvalue weighted by Crippen LogP contribution is 2.10. The van der Waals surface area contributed by atoms with Gasteiger partial charge in [0.15, 0.2) is 18.6 Å². The summed E-state index contributed by atoms with van der Waals surface area (Å²) in [6.07, 6.45) is 6.89. The maximum absolute atomic E-state index is 11.6. The highest BCUT2D eigenvalue weighted by Gasteiger charge is 2.19. The van der Waals surface area contributed by atoms with Crippen LogP contribution in [0.2, 0.25) is 0 Å². The van der Waals surface area contributed by atoms with Crippen molar-refractivity contribution in [3.63, 3.8) is 0 Å². The first-order valence-corrected chi connectivity index (χ1v) is 7.53. The molecule has 0 fully saturated rings. The van der Waals surface area contributed by atoms with Gasteiger partial charge in [-0.15, -0.1) is 0 Å². The van der Waals surface area contributed by atoms with Crippen LogP contribution in [-0.2, 0) is 18.8 Å². The third-order valence-electron chi connectivity index (χ3n) is 2.86. The monoisotopic (exact) mass is 401 g/mol. The van der Waals surface area contributed by atoms with Crippen LogP contribution in [0.25, 0.3) is 0 Å². The number of hydrogen-bond donors (Lipinski definition) is 1. The Morgan fingerprint density at radius 1 is 1.12 bits per heavy atom. The zero-order chi connectivity index (χ0) is 18.2. The molecule has 0 saturated heterocycles. The highest BCUT2D eigenvalue weighted by molar-refractivity contribution is 5.88. The summed E-state index contributed by atoms with van der Waals surface area (Å²) >= 11 is 0. The van der Waals surface area contributed by atoms with Crippen LogP contribution < -0.4 is 33.9 Å². The number of pyridine rings is 2. The van der Waals surface area contributed by atoms with Gasteiger partial charge in [-0.25, -0.2) is 13.9 Å². The summed E-state index contributed by atoms with van der Waals surface area (Å²) in [6.45, 7) is 5.56. The van der Waals surface area contributed by atoms with Gasteiger partial charge in [-0.1, -0.05) is 5.16 Å². The number of carbonyl (C=O) groups is 1. The minimum atomic E-state index is -0.439. The molecule has 1 N–H and O–H groups in total. The van der Waals surface area contributed by atoms with E-state index in [4.69, 9.17) is 9.94 Å². The van der Waals surface area contributed by atoms with Crippen LogP contribution in [0.3, 0.4) is 0 Å². The summed E-state index contributed by atoms with van der Waals surface area (Å²) < 4.78 is 8.91. The van der Waals surface area contributed by atoms with Crippen LogP contribution in [0.15, 0.2) is 54.1 Å². The van der Waals surface area contributed by atoms with Gasteiger partial charge in [0.05, 0.1) is 0 Å². The molecule has 144 valence electrons. The standard InChI is InChI=1S/C11H16NO2.C7H8N2O.2ClH/c1-11(2,3)14-10(13)9-6-5-7-12(4)8-9;1-9-5-3-2-4-7(9)6-8-10;;/h5-8H,1-4H3;2-6H,1H3;2*1H/q+1;;;/p-1. The molecule has 0 aliphatic heterocycles. The molecule has 2 heterocycles. The molecule has 0 aliphatic carbocycles. The molecule has 0 radical (unpaired) electrons. The van der Waals surface area contributed by atoms with Gasteiger partial charge in [-0.3, -0.25) is 0 Å². The van der Waals surface area contributed by atoms with E-state index in [1.807, 2.05) is 80.7 Å². The number of oxime groups is 1. The molecule has 0 bridgehead atoms. The first kappa shape index (κ1) is 26.1. The Balaban J connectivity index is 0. The lowest BCUT2D eigenvalue weighted by Crippen LogP contribution is -3.00. The lowest BCUT2D eigenvalue weighted by Gasteiger charge is -2.18. The maximum atomic E-state index is 11.6. The SMILES string of the molecule is C[n+]1cccc(C(=O)OC(C)(C)C)c1.C[n+]1ccccc1C=NO.[Cl-].[Cl-]. The van der Waals surface area contributed by atoms with Crippen molar-refractivity contribution in [2.45, 2.75) is 26.4 Å². The molecule has 2 aromatic rings. The highest BCUT2D eigenvalue weighted by atomic mass is 35.5. The van der Waals surface area contributed by atoms with Gasteiger partial charge in [-0.2, -0.15) is 0 Å². The Kier molecular flexibility index (Phi) is 12.2. The first-order chi connectivity index (χ1) is 11.2. The molecular formula is C18H25Cl2N3O3. The minimum Gasteiger partial charge on any atom is -1.00 e. The van der Waals surface area contributed by atoms with E-state index in [1.165, 1.54) is 6.21 Å². The predicted molar refractivity (Wildman–Crippen MR) is 89.8 cm³/mol. The number of nitrogens with zero attached hydrogens (tertiary/aromatic N) is 3. The van der Waals surface area contributed by atoms with Crippen LogP contribution in [0.1, 0.15) is 36.8 Å². The number of aryl methyl sites for hydroxylation is 2. The summed E-state index contributed by atoms with van der Waals surface area (Å²) in [6, 6.07) is 9.22. The van der Waals surface area contributed by atoms with Crippen molar-refractivity contribution in [1.82, 2.24) is 0 Å². The van der Waals surface area contributed by atoms with Gasteiger partial charge < -0.3 is 34.8 Å². The summed E-state index contributed by atoms with van der Waals surface area (Å²) in [5.41, 5.74) is 1.00. The van der Waals surface area contributed by atoms with E-state index < -0.39 is 5.60 Å². The van der Waals surface area contributed by atoms with E-state index in [1.54, 1.807) is 12.3 Å². The van der Waals surface area contributed by atoms with Crippen molar-refractivity contribution in [2.24, 2.45) is 19.3 Å². The molecule has 26 heavy (non-hydrogen) atoms. The fourth-order valence-electron chi connectivity index (χ4n) is 1.78. The average Bonchev–Trinajstić information content (AvgIpc) is 2.49. The predicted octanol–water partition coefficient (Wildman–Crippen LogP) is -4.21. The van der Waals surface area contributed by atoms with Crippen LogP contribution in [0, 0.1) is 0 Å². The summed E-state index contributed by atoms with van der Waals surface area (Å²) in [4.78, 5) is 11.6. The van der Waals surface area contributed by atoms with Gasteiger partial charge >= 0.3 is 5.97 Å². The summed E-state index contributed by atoms with van der Waals surface area (Å²) in [7, 11) is 3.75. The van der Waals surface area contributed by atoms with Gasteiger partial charge in [0.25, 0.3) is 0 Å². The third kappa shape index (κ3) is 9.96. The molecule has 6 nitrogen and oxygen atoms in total. The van der Waals surface area contributed by atoms with Crippen molar-refractivity contribution in [1.29, 1.82) is 0 Å². The van der Waals surface area contributed by atoms with Crippen molar-refractivity contribution in [3.8, 4) is 0 Å². The van der Waals surface area contributed by atoms with Crippen LogP contribution >= 0.6 is 0 Å². The average molecular weight is 402 g/mol. The minimum absolute atomic E-state index is 0. The zero-order valence-electron chi connectivity index (χ0n) is 15.6. The van der Waals surface area contributed by atoms with Gasteiger partial charge in [0, 0.05) is 18.2 Å². The molecule has 2 aromatic heterocycles. The lowest BCUT2D eigenvalue weighted by atomic mass is 10.2. The number of halogens is 2. The van der Waals surface area contributed by atoms with Gasteiger partial charge in [0.2, 0.25) is 5.69 Å². The zero-order valence-corrected chi connectivity index (χ0v) is 17.1. The van der Waals surface area contributed by atoms with Crippen LogP contribution in [0.5, 0.6) is 0 Å². The van der Waals surface area contributed by atoms with Crippen molar-refractivity contribution >= 4 is 12.2 Å². The van der Waals surface area contributed by atoms with E-state index >= 15 is 0 Å². The van der Waals surface area contributed by atoms with Gasteiger partial charge in [-0.05, 0) is 32.9 Å². The molecule has 8 heteroatoms. The lowest BCUT2D eigenvalue weighted by molar-refractivity contribution is -0.672. The smallest absolute Gasteiger partial charge is 0.344 e. The number of carbonyl (C=O) groups excluding carboxylic acids is 1. The fraction of sp³-hybridized carbons (Fsp3) is 0.333. The van der Waals surface area contributed by atoms with Crippen LogP contribution in [0.4, 0.5) is 0 Å². The Labute approximate surface area is 166 Å². The van der Waals surface area contributed by atoms with Crippen molar-refractivity contribution in [2.75, 3.05) is 0 Å². The van der Waals surface area contributed by atoms with Crippen molar-refractivity contribution in [3.05, 3.63) is 60.2 Å². The van der Waals surface area contributed by atoms with E-state index in [9.17, 15) is 4.79 Å². The van der Waals surface area contributed by atoms with E-state index in [0.717, 1.165) is 5.69 Å². The molecule has 0 spiro atoms. The molecular weight excluding hydrogens is 377 g/mol. The largest absolute Gasteiger partial charge is 1.00 e. The molecule has 0 aromatic carbocycles. The quantitative estimate of drug-likeness (QED) is 0.182. The second kappa shape index (κ2) is 12.2. The number of rotatable bonds is 2. The molecule has 0 unspecified atom stereocenters. The molecule has 0 amide bonds. The van der Waals surface area contributed by atoms with E-state index in [0.29, 0.717) is 5.56 Å². The van der Waals surface area contributed by atoms with E-state index in [2.05, 4.69) is 5.16 Å². The van der Waals surface area contributed by atoms with Crippen molar-refractivity contribution < 1.29 is 48.7 Å². The Morgan fingerprint density at radius 3 is 2.27 bits per heavy atom. The number of aromatic nitrogens is 2. The Hall–Kier alpha value is -2.18. The topological polar surface area (TPSA) is 66.7 Å². The molecule has 2 rings (SSSR count). The second-order valence-electron chi connectivity index (χ2n) is 6.24. The molecule has 0 atom stereocenters. The second-order valence-corrected chi connectivity index (χ2v) is 6.24. The molecule has 0 aliphatic rings. The number of hydrogen-bond acceptors (Lipinski definition) is 4. The van der Waals surface area contributed by atoms with Crippen LogP contribution in [-0.4, -0.2) is 23.0 Å². The molecule has 0 saturated carbocycles. The maximum Gasteiger partial charge on any atom is 0.344 e. The number of ether oxygens (including phenoxy) is 1. The first-order valence-electron chi connectivity index (χ1n) is 7.53. The summed E-state index contributed by atoms with van der Waals surface area (Å²) in [5, 5.41) is 11.1. The van der Waals surface area contributed by atoms with E-state index in [-0.39, 0.29) is 30.8 Å². The normalized spacial score (nSPS) is 10.0. The fourth-order valence-corrected chi connectivity index (χ4v) is 1.78. The Bertz CT molecular complexity index is 717. The Morgan fingerprint density at radius 2 is 1.77 bits per heavy atom. The van der Waals surface area contributed by atoms with Gasteiger partial charge in [0.1, 0.15) is 31.5 Å².